The minimum atomic E-state index is -1.14. The summed E-state index contributed by atoms with van der Waals surface area (Å²) in [6.07, 6.45) is 2.11. The van der Waals surface area contributed by atoms with Crippen LogP contribution in [0.3, 0.4) is 0 Å². The smallest absolute Gasteiger partial charge is 0.326 e. The van der Waals surface area contributed by atoms with E-state index >= 15 is 0 Å². The Kier molecular flexibility index (Phi) is 12.7. The van der Waals surface area contributed by atoms with Crippen LogP contribution in [-0.2, 0) is 25.6 Å². The molecule has 0 spiro atoms. The van der Waals surface area contributed by atoms with E-state index in [0.717, 1.165) is 5.56 Å². The van der Waals surface area contributed by atoms with Crippen molar-refractivity contribution in [1.82, 2.24) is 16.0 Å². The number of amides is 3. The molecule has 1 aromatic rings. The van der Waals surface area contributed by atoms with Gasteiger partial charge in [-0.2, -0.15) is 0 Å². The van der Waals surface area contributed by atoms with Gasteiger partial charge < -0.3 is 32.5 Å². The Morgan fingerprint density at radius 2 is 1.64 bits per heavy atom. The van der Waals surface area contributed by atoms with Crippen molar-refractivity contribution in [3.63, 3.8) is 0 Å². The predicted molar refractivity (Wildman–Crippen MR) is 125 cm³/mol. The molecule has 3 unspecified atom stereocenters. The van der Waals surface area contributed by atoms with Gasteiger partial charge in [0.25, 0.3) is 0 Å². The fourth-order valence-corrected chi connectivity index (χ4v) is 3.23. The number of carbonyl (C=O) groups excluding carboxylic acids is 3. The molecule has 184 valence electrons. The van der Waals surface area contributed by atoms with Gasteiger partial charge in [0, 0.05) is 0 Å². The second-order valence-electron chi connectivity index (χ2n) is 8.45. The molecule has 33 heavy (non-hydrogen) atoms. The highest BCUT2D eigenvalue weighted by atomic mass is 16.4. The van der Waals surface area contributed by atoms with E-state index in [2.05, 4.69) is 16.0 Å². The van der Waals surface area contributed by atoms with Crippen molar-refractivity contribution >= 4 is 23.7 Å². The molecule has 0 radical (unpaired) electrons. The van der Waals surface area contributed by atoms with Gasteiger partial charge in [-0.3, -0.25) is 14.4 Å². The molecule has 8 N–H and O–H groups in total. The highest BCUT2D eigenvalue weighted by molar-refractivity contribution is 5.92. The van der Waals surface area contributed by atoms with Crippen molar-refractivity contribution < 1.29 is 24.3 Å². The van der Waals surface area contributed by atoms with Crippen LogP contribution in [0.2, 0.25) is 0 Å². The molecular weight excluding hydrogens is 426 g/mol. The molecule has 0 aliphatic carbocycles. The summed E-state index contributed by atoms with van der Waals surface area (Å²) >= 11 is 0. The van der Waals surface area contributed by atoms with Gasteiger partial charge in [-0.1, -0.05) is 44.2 Å². The van der Waals surface area contributed by atoms with Crippen molar-refractivity contribution in [2.24, 2.45) is 17.4 Å². The zero-order valence-electron chi connectivity index (χ0n) is 19.4. The van der Waals surface area contributed by atoms with E-state index in [9.17, 15) is 24.3 Å². The maximum absolute atomic E-state index is 12.7. The minimum absolute atomic E-state index is 0.0620. The lowest BCUT2D eigenvalue weighted by molar-refractivity contribution is -0.142. The van der Waals surface area contributed by atoms with Crippen LogP contribution in [-0.4, -0.2) is 60.0 Å². The largest absolute Gasteiger partial charge is 0.480 e. The monoisotopic (exact) mass is 463 g/mol. The first-order valence-electron chi connectivity index (χ1n) is 11.2. The van der Waals surface area contributed by atoms with Crippen LogP contribution in [0.15, 0.2) is 30.3 Å². The Bertz CT molecular complexity index is 772. The van der Waals surface area contributed by atoms with E-state index in [0.29, 0.717) is 32.2 Å². The Balaban J connectivity index is 2.64. The Morgan fingerprint density at radius 3 is 2.21 bits per heavy atom. The third kappa shape index (κ3) is 11.4. The fraction of sp³-hybridized carbons (Fsp3) is 0.565. The molecular formula is C23H37N5O5. The molecule has 1 rings (SSSR count). The molecule has 0 aliphatic rings. The number of aliphatic carboxylic acids is 1. The summed E-state index contributed by atoms with van der Waals surface area (Å²) in [6.45, 7) is 3.79. The van der Waals surface area contributed by atoms with Gasteiger partial charge in [-0.15, -0.1) is 0 Å². The number of carboxylic acid groups (broad SMARTS) is 1. The minimum Gasteiger partial charge on any atom is -0.480 e. The number of carboxylic acids is 1. The van der Waals surface area contributed by atoms with Crippen molar-refractivity contribution in [1.29, 1.82) is 0 Å². The average molecular weight is 464 g/mol. The number of benzene rings is 1. The molecule has 3 atom stereocenters. The van der Waals surface area contributed by atoms with Crippen LogP contribution in [0.4, 0.5) is 0 Å². The number of nitrogens with one attached hydrogen (secondary N) is 3. The molecule has 0 fully saturated rings. The molecule has 1 aromatic carbocycles. The van der Waals surface area contributed by atoms with Crippen LogP contribution in [0, 0.1) is 5.92 Å². The maximum Gasteiger partial charge on any atom is 0.326 e. The highest BCUT2D eigenvalue weighted by Crippen LogP contribution is 2.07. The summed E-state index contributed by atoms with van der Waals surface area (Å²) in [7, 11) is 0. The van der Waals surface area contributed by atoms with E-state index in [1.165, 1.54) is 0 Å². The van der Waals surface area contributed by atoms with Gasteiger partial charge in [0.15, 0.2) is 0 Å². The molecule has 10 nitrogen and oxygen atoms in total. The van der Waals surface area contributed by atoms with Crippen LogP contribution < -0.4 is 27.4 Å². The highest BCUT2D eigenvalue weighted by Gasteiger charge is 2.27. The Labute approximate surface area is 194 Å². The van der Waals surface area contributed by atoms with Crippen molar-refractivity contribution in [2.75, 3.05) is 13.1 Å². The summed E-state index contributed by atoms with van der Waals surface area (Å²) in [5.41, 5.74) is 12.3. The second kappa shape index (κ2) is 15.0. The van der Waals surface area contributed by atoms with Crippen LogP contribution in [0.1, 0.15) is 45.1 Å². The van der Waals surface area contributed by atoms with E-state index in [4.69, 9.17) is 11.5 Å². The normalized spacial score (nSPS) is 13.6. The van der Waals surface area contributed by atoms with Gasteiger partial charge in [0.2, 0.25) is 17.7 Å². The molecule has 0 aromatic heterocycles. The quantitative estimate of drug-likeness (QED) is 0.197. The number of carbonyl (C=O) groups is 4. The summed E-state index contributed by atoms with van der Waals surface area (Å²) in [5.74, 6) is -2.71. The van der Waals surface area contributed by atoms with Crippen LogP contribution in [0.5, 0.6) is 0 Å². The molecule has 3 amide bonds. The van der Waals surface area contributed by atoms with Crippen LogP contribution >= 0.6 is 0 Å². The standard InChI is InChI=1S/C23H37N5O5/c1-15(2)12-19(23(32)33)28-22(31)18(10-6-7-11-24)27-20(29)14-26-21(30)17(25)13-16-8-4-3-5-9-16/h3-5,8-9,15,17-19H,6-7,10-14,24-25H2,1-2H3,(H,26,30)(H,27,29)(H,28,31)(H,32,33). The van der Waals surface area contributed by atoms with Gasteiger partial charge in [-0.05, 0) is 50.1 Å². The topological polar surface area (TPSA) is 177 Å². The predicted octanol–water partition coefficient (Wildman–Crippen LogP) is -0.0981. The molecule has 0 heterocycles. The van der Waals surface area contributed by atoms with Crippen LogP contribution in [0.25, 0.3) is 0 Å². The van der Waals surface area contributed by atoms with E-state index < -0.39 is 41.8 Å². The number of rotatable bonds is 15. The maximum atomic E-state index is 12.7. The molecule has 10 heteroatoms. The first-order chi connectivity index (χ1) is 15.6. The third-order valence-corrected chi connectivity index (χ3v) is 4.98. The number of hydrogen-bond acceptors (Lipinski definition) is 6. The van der Waals surface area contributed by atoms with E-state index in [1.54, 1.807) is 0 Å². The molecule has 0 saturated carbocycles. The van der Waals surface area contributed by atoms with Gasteiger partial charge in [-0.25, -0.2) is 4.79 Å². The lowest BCUT2D eigenvalue weighted by Crippen LogP contribution is -2.54. The number of nitrogens with two attached hydrogens (primary N) is 2. The van der Waals surface area contributed by atoms with E-state index in [-0.39, 0.29) is 18.9 Å². The average Bonchev–Trinajstić information content (AvgIpc) is 2.76. The summed E-state index contributed by atoms with van der Waals surface area (Å²) < 4.78 is 0. The SMILES string of the molecule is CC(C)CC(NC(=O)C(CCCCN)NC(=O)CNC(=O)C(N)Cc1ccccc1)C(=O)O. The third-order valence-electron chi connectivity index (χ3n) is 4.98. The van der Waals surface area contributed by atoms with Crippen molar-refractivity contribution in [3.8, 4) is 0 Å². The zero-order valence-corrected chi connectivity index (χ0v) is 19.4. The fourth-order valence-electron chi connectivity index (χ4n) is 3.23. The van der Waals surface area contributed by atoms with Gasteiger partial charge in [0.1, 0.15) is 12.1 Å². The Hall–Kier alpha value is -2.98. The lowest BCUT2D eigenvalue weighted by atomic mass is 10.0. The molecule has 0 bridgehead atoms. The molecule has 0 aliphatic heterocycles. The number of unbranched alkanes of at least 4 members (excludes halogenated alkanes) is 1. The first-order valence-corrected chi connectivity index (χ1v) is 11.2. The summed E-state index contributed by atoms with van der Waals surface area (Å²) in [6, 6.07) is 6.45. The van der Waals surface area contributed by atoms with Crippen molar-refractivity contribution in [3.05, 3.63) is 35.9 Å². The molecule has 0 saturated heterocycles. The lowest BCUT2D eigenvalue weighted by Gasteiger charge is -2.22. The summed E-state index contributed by atoms with van der Waals surface area (Å²) in [4.78, 5) is 48.8. The Morgan fingerprint density at radius 1 is 0.970 bits per heavy atom. The zero-order chi connectivity index (χ0) is 24.8. The van der Waals surface area contributed by atoms with Crippen molar-refractivity contribution in [2.45, 2.75) is 64.1 Å². The number of hydrogen-bond donors (Lipinski definition) is 6. The second-order valence-corrected chi connectivity index (χ2v) is 8.45. The summed E-state index contributed by atoms with van der Waals surface area (Å²) in [5, 5.41) is 16.9. The first kappa shape index (κ1) is 28.1. The van der Waals surface area contributed by atoms with Gasteiger partial charge >= 0.3 is 5.97 Å². The van der Waals surface area contributed by atoms with E-state index in [1.807, 2.05) is 44.2 Å². The van der Waals surface area contributed by atoms with Gasteiger partial charge in [0.05, 0.1) is 12.6 Å².